The van der Waals surface area contributed by atoms with Crippen LogP contribution >= 0.6 is 11.3 Å². The molecule has 2 heterocycles. The first-order valence-electron chi connectivity index (χ1n) is 6.67. The van der Waals surface area contributed by atoms with E-state index in [1.807, 2.05) is 37.3 Å². The van der Waals surface area contributed by atoms with Crippen LogP contribution in [-0.4, -0.2) is 18.2 Å². The Kier molecular flexibility index (Phi) is 3.76. The smallest absolute Gasteiger partial charge is 0.271 e. The van der Waals surface area contributed by atoms with Crippen molar-refractivity contribution in [2.45, 2.75) is 18.1 Å². The fraction of sp³-hybridized carbons (Fsp3) is 0.133. The van der Waals surface area contributed by atoms with Crippen LogP contribution < -0.4 is 4.72 Å². The minimum absolute atomic E-state index is 0.291. The maximum Gasteiger partial charge on any atom is 0.271 e. The number of para-hydroxylation sites is 1. The Morgan fingerprint density at radius 3 is 2.45 bits per heavy atom. The lowest BCUT2D eigenvalue weighted by molar-refractivity contribution is 0.603. The van der Waals surface area contributed by atoms with Crippen LogP contribution in [0, 0.1) is 13.8 Å². The monoisotopic (exact) mass is 333 g/mol. The van der Waals surface area contributed by atoms with E-state index in [1.54, 1.807) is 29.1 Å². The van der Waals surface area contributed by atoms with E-state index in [0.717, 1.165) is 11.4 Å². The summed E-state index contributed by atoms with van der Waals surface area (Å²) < 4.78 is 29.4. The van der Waals surface area contributed by atoms with Crippen molar-refractivity contribution in [1.82, 2.24) is 9.78 Å². The molecule has 5 nitrogen and oxygen atoms in total. The molecule has 0 saturated carbocycles. The summed E-state index contributed by atoms with van der Waals surface area (Å²) in [6.07, 6.45) is 0. The number of benzene rings is 1. The van der Waals surface area contributed by atoms with Gasteiger partial charge < -0.3 is 0 Å². The first kappa shape index (κ1) is 14.8. The Morgan fingerprint density at radius 1 is 1.09 bits per heavy atom. The van der Waals surface area contributed by atoms with Crippen LogP contribution in [-0.2, 0) is 10.0 Å². The van der Waals surface area contributed by atoms with Gasteiger partial charge in [0.15, 0.2) is 0 Å². The first-order valence-corrected chi connectivity index (χ1v) is 9.03. The molecule has 7 heteroatoms. The molecule has 114 valence electrons. The van der Waals surface area contributed by atoms with E-state index in [-0.39, 0.29) is 0 Å². The van der Waals surface area contributed by atoms with Gasteiger partial charge in [0.05, 0.1) is 22.8 Å². The molecule has 0 spiro atoms. The molecule has 0 atom stereocenters. The minimum atomic E-state index is -3.57. The molecule has 0 saturated heterocycles. The van der Waals surface area contributed by atoms with E-state index in [9.17, 15) is 8.42 Å². The molecule has 3 rings (SSSR count). The van der Waals surface area contributed by atoms with Crippen molar-refractivity contribution >= 4 is 27.0 Å². The van der Waals surface area contributed by atoms with Gasteiger partial charge in [-0.25, -0.2) is 13.1 Å². The molecule has 0 fully saturated rings. The number of thiophene rings is 1. The quantitative estimate of drug-likeness (QED) is 0.796. The largest absolute Gasteiger partial charge is 0.275 e. The van der Waals surface area contributed by atoms with Crippen LogP contribution in [0.4, 0.5) is 5.69 Å². The highest BCUT2D eigenvalue weighted by Crippen LogP contribution is 2.26. The van der Waals surface area contributed by atoms with E-state index in [1.165, 1.54) is 11.3 Å². The van der Waals surface area contributed by atoms with Crippen LogP contribution in [0.15, 0.2) is 52.1 Å². The fourth-order valence-electron chi connectivity index (χ4n) is 2.21. The van der Waals surface area contributed by atoms with Gasteiger partial charge in [0.2, 0.25) is 0 Å². The lowest BCUT2D eigenvalue weighted by atomic mass is 10.3. The molecule has 3 aromatic rings. The Morgan fingerprint density at radius 2 is 1.82 bits per heavy atom. The van der Waals surface area contributed by atoms with E-state index >= 15 is 0 Å². The van der Waals surface area contributed by atoms with Crippen molar-refractivity contribution in [2.75, 3.05) is 4.72 Å². The summed E-state index contributed by atoms with van der Waals surface area (Å²) >= 11 is 1.19. The molecule has 1 aromatic carbocycles. The molecule has 0 radical (unpaired) electrons. The third kappa shape index (κ3) is 2.65. The van der Waals surface area contributed by atoms with Gasteiger partial charge in [-0.05, 0) is 37.4 Å². The van der Waals surface area contributed by atoms with E-state index in [0.29, 0.717) is 15.6 Å². The first-order chi connectivity index (χ1) is 10.5. The standard InChI is InChI=1S/C15H15N3O2S2/c1-11-15(17-22(19,20)14-9-6-10-21-14)12(2)18(16-11)13-7-4-3-5-8-13/h3-10,17H,1-2H3. The molecule has 0 amide bonds. The summed E-state index contributed by atoms with van der Waals surface area (Å²) in [4.78, 5) is 0. The zero-order chi connectivity index (χ0) is 15.7. The molecule has 0 aliphatic heterocycles. The molecule has 2 aromatic heterocycles. The van der Waals surface area contributed by atoms with Gasteiger partial charge in [0, 0.05) is 0 Å². The zero-order valence-electron chi connectivity index (χ0n) is 12.1. The lowest BCUT2D eigenvalue weighted by Crippen LogP contribution is -2.12. The summed E-state index contributed by atoms with van der Waals surface area (Å²) in [5.74, 6) is 0. The number of hydrogen-bond acceptors (Lipinski definition) is 4. The molecular formula is C15H15N3O2S2. The molecule has 0 bridgehead atoms. The molecule has 0 aliphatic rings. The topological polar surface area (TPSA) is 64.0 Å². The predicted octanol–water partition coefficient (Wildman–Crippen LogP) is 3.35. The normalized spacial score (nSPS) is 11.5. The Bertz CT molecular complexity index is 883. The summed E-state index contributed by atoms with van der Waals surface area (Å²) in [5.41, 5.74) is 2.81. The van der Waals surface area contributed by atoms with Crippen LogP contribution in [0.1, 0.15) is 11.4 Å². The molecule has 22 heavy (non-hydrogen) atoms. The fourth-order valence-corrected chi connectivity index (χ4v) is 4.38. The summed E-state index contributed by atoms with van der Waals surface area (Å²) in [6.45, 7) is 3.64. The van der Waals surface area contributed by atoms with Gasteiger partial charge in [-0.1, -0.05) is 24.3 Å². The number of nitrogens with zero attached hydrogens (tertiary/aromatic N) is 2. The SMILES string of the molecule is Cc1nn(-c2ccccc2)c(C)c1NS(=O)(=O)c1cccs1. The van der Waals surface area contributed by atoms with Crippen molar-refractivity contribution in [3.8, 4) is 5.69 Å². The van der Waals surface area contributed by atoms with Crippen molar-refractivity contribution < 1.29 is 8.42 Å². The van der Waals surface area contributed by atoms with Gasteiger partial charge in [0.25, 0.3) is 10.0 Å². The molecule has 0 unspecified atom stereocenters. The van der Waals surface area contributed by atoms with Gasteiger partial charge in [0.1, 0.15) is 4.21 Å². The van der Waals surface area contributed by atoms with Crippen molar-refractivity contribution in [3.63, 3.8) is 0 Å². The van der Waals surface area contributed by atoms with Crippen molar-refractivity contribution in [1.29, 1.82) is 0 Å². The minimum Gasteiger partial charge on any atom is -0.275 e. The van der Waals surface area contributed by atoms with Crippen molar-refractivity contribution in [2.24, 2.45) is 0 Å². The van der Waals surface area contributed by atoms with E-state index in [4.69, 9.17) is 0 Å². The predicted molar refractivity (Wildman–Crippen MR) is 88.2 cm³/mol. The average Bonchev–Trinajstić information content (AvgIpc) is 3.13. The number of sulfonamides is 1. The maximum absolute atomic E-state index is 12.4. The van der Waals surface area contributed by atoms with Gasteiger partial charge >= 0.3 is 0 Å². The third-order valence-corrected chi connectivity index (χ3v) is 6.04. The number of hydrogen-bond donors (Lipinski definition) is 1. The summed E-state index contributed by atoms with van der Waals surface area (Å²) in [5, 5.41) is 6.18. The number of aromatic nitrogens is 2. The molecule has 0 aliphatic carbocycles. The highest BCUT2D eigenvalue weighted by atomic mass is 32.2. The molecule has 1 N–H and O–H groups in total. The van der Waals surface area contributed by atoms with Crippen LogP contribution in [0.5, 0.6) is 0 Å². The number of aryl methyl sites for hydroxylation is 1. The highest BCUT2D eigenvalue weighted by Gasteiger charge is 2.21. The van der Waals surface area contributed by atoms with Crippen LogP contribution in [0.2, 0.25) is 0 Å². The Balaban J connectivity index is 2.01. The van der Waals surface area contributed by atoms with Crippen LogP contribution in [0.3, 0.4) is 0 Å². The summed E-state index contributed by atoms with van der Waals surface area (Å²) in [7, 11) is -3.57. The molecular weight excluding hydrogens is 318 g/mol. The summed E-state index contributed by atoms with van der Waals surface area (Å²) in [6, 6.07) is 12.9. The number of rotatable bonds is 4. The van der Waals surface area contributed by atoms with Crippen LogP contribution in [0.25, 0.3) is 5.69 Å². The number of nitrogens with one attached hydrogen (secondary N) is 1. The Labute approximate surface area is 133 Å². The van der Waals surface area contributed by atoms with Gasteiger partial charge in [-0.3, -0.25) is 4.72 Å². The Hall–Kier alpha value is -2.12. The van der Waals surface area contributed by atoms with E-state index < -0.39 is 10.0 Å². The highest BCUT2D eigenvalue weighted by molar-refractivity contribution is 7.94. The second-order valence-electron chi connectivity index (χ2n) is 4.83. The second kappa shape index (κ2) is 5.58. The lowest BCUT2D eigenvalue weighted by Gasteiger charge is -2.07. The van der Waals surface area contributed by atoms with Gasteiger partial charge in [-0.2, -0.15) is 5.10 Å². The maximum atomic E-state index is 12.4. The van der Waals surface area contributed by atoms with Crippen molar-refractivity contribution in [3.05, 3.63) is 59.2 Å². The number of anilines is 1. The zero-order valence-corrected chi connectivity index (χ0v) is 13.8. The third-order valence-electron chi connectivity index (χ3n) is 3.29. The average molecular weight is 333 g/mol. The second-order valence-corrected chi connectivity index (χ2v) is 7.69. The van der Waals surface area contributed by atoms with Gasteiger partial charge in [-0.15, -0.1) is 11.3 Å². The van der Waals surface area contributed by atoms with E-state index in [2.05, 4.69) is 9.82 Å².